The number of hydrogen-bond donors (Lipinski definition) is 2. The van der Waals surface area contributed by atoms with Crippen LogP contribution in [0, 0.1) is 19.3 Å². The van der Waals surface area contributed by atoms with Crippen LogP contribution in [0.3, 0.4) is 0 Å². The summed E-state index contributed by atoms with van der Waals surface area (Å²) in [6.07, 6.45) is 8.70. The topological polar surface area (TPSA) is 80.2 Å². The van der Waals surface area contributed by atoms with E-state index in [2.05, 4.69) is 33.3 Å². The Kier molecular flexibility index (Phi) is 4.12. The molecule has 24 heavy (non-hydrogen) atoms. The van der Waals surface area contributed by atoms with Crippen molar-refractivity contribution in [2.75, 3.05) is 12.4 Å². The minimum Gasteiger partial charge on any atom is -0.506 e. The van der Waals surface area contributed by atoms with Crippen LogP contribution in [0.2, 0.25) is 0 Å². The van der Waals surface area contributed by atoms with E-state index in [1.165, 1.54) is 12.3 Å². The van der Waals surface area contributed by atoms with Gasteiger partial charge in [-0.1, -0.05) is 5.92 Å². The average molecular weight is 324 g/mol. The fraction of sp³-hybridized carbons (Fsp3) is 0.389. The Labute approximate surface area is 141 Å². The molecule has 2 heterocycles. The van der Waals surface area contributed by atoms with Crippen LogP contribution >= 0.6 is 0 Å². The summed E-state index contributed by atoms with van der Waals surface area (Å²) in [6.45, 7) is 4.00. The summed E-state index contributed by atoms with van der Waals surface area (Å²) >= 11 is 0. The highest BCUT2D eigenvalue weighted by Crippen LogP contribution is 2.36. The van der Waals surface area contributed by atoms with Gasteiger partial charge in [0, 0.05) is 24.9 Å². The van der Waals surface area contributed by atoms with E-state index in [9.17, 15) is 5.11 Å². The summed E-state index contributed by atoms with van der Waals surface area (Å²) in [5, 5.41) is 21.9. The van der Waals surface area contributed by atoms with Crippen molar-refractivity contribution in [3.8, 4) is 29.5 Å². The lowest BCUT2D eigenvalue weighted by Crippen LogP contribution is -2.49. The van der Waals surface area contributed by atoms with Crippen molar-refractivity contribution < 1.29 is 9.84 Å². The minimum atomic E-state index is -0.0471. The number of aryl methyl sites for hydroxylation is 1. The zero-order chi connectivity index (χ0) is 17.3. The largest absolute Gasteiger partial charge is 0.506 e. The second-order valence-corrected chi connectivity index (χ2v) is 6.40. The van der Waals surface area contributed by atoms with Crippen molar-refractivity contribution in [3.05, 3.63) is 29.5 Å². The molecule has 0 saturated heterocycles. The van der Waals surface area contributed by atoms with Gasteiger partial charge in [0.2, 0.25) is 0 Å². The predicted octanol–water partition coefficient (Wildman–Crippen LogP) is 2.51. The fourth-order valence-electron chi connectivity index (χ4n) is 2.96. The lowest BCUT2D eigenvalue weighted by Gasteiger charge is -2.44. The molecule has 124 valence electrons. The SMILES string of the molecule is C#Cc1cnc(-c2nnc(NC3CC(C)(OC)C3)cc2C)c(O)c1. The third-order valence-corrected chi connectivity index (χ3v) is 4.44. The summed E-state index contributed by atoms with van der Waals surface area (Å²) in [5.74, 6) is 3.14. The zero-order valence-corrected chi connectivity index (χ0v) is 14.0. The lowest BCUT2D eigenvalue weighted by atomic mass is 9.77. The van der Waals surface area contributed by atoms with Gasteiger partial charge < -0.3 is 15.2 Å². The second kappa shape index (κ2) is 6.10. The number of terminal acetylenes is 1. The molecule has 0 unspecified atom stereocenters. The number of rotatable bonds is 4. The van der Waals surface area contributed by atoms with E-state index < -0.39 is 0 Å². The van der Waals surface area contributed by atoms with Crippen LogP contribution in [0.1, 0.15) is 30.9 Å². The first-order valence-corrected chi connectivity index (χ1v) is 7.76. The van der Waals surface area contributed by atoms with Gasteiger partial charge in [-0.05, 0) is 44.4 Å². The first kappa shape index (κ1) is 16.2. The lowest BCUT2D eigenvalue weighted by molar-refractivity contribution is -0.0625. The Balaban J connectivity index is 1.77. The molecule has 6 heteroatoms. The Morgan fingerprint density at radius 1 is 1.33 bits per heavy atom. The molecule has 2 N–H and O–H groups in total. The van der Waals surface area contributed by atoms with E-state index in [1.807, 2.05) is 13.0 Å². The van der Waals surface area contributed by atoms with E-state index in [-0.39, 0.29) is 11.4 Å². The van der Waals surface area contributed by atoms with E-state index in [4.69, 9.17) is 11.2 Å². The number of nitrogens with one attached hydrogen (secondary N) is 1. The standard InChI is InChI=1S/C18H20N4O2/c1-5-12-7-14(23)17(19-10-12)16-11(2)6-15(21-22-16)20-13-8-18(3,9-13)24-4/h1,6-7,10,13,23H,8-9H2,2-4H3,(H,20,21). The normalized spacial score (nSPS) is 22.5. The highest BCUT2D eigenvalue weighted by Gasteiger charge is 2.40. The van der Waals surface area contributed by atoms with Gasteiger partial charge in [0.25, 0.3) is 0 Å². The van der Waals surface area contributed by atoms with Crippen LogP contribution in [0.4, 0.5) is 5.82 Å². The van der Waals surface area contributed by atoms with E-state index in [1.54, 1.807) is 7.11 Å². The Morgan fingerprint density at radius 3 is 2.67 bits per heavy atom. The molecule has 2 aromatic rings. The van der Waals surface area contributed by atoms with Crippen LogP contribution in [-0.2, 0) is 4.74 Å². The number of aromatic hydroxyl groups is 1. The van der Waals surface area contributed by atoms with Crippen molar-refractivity contribution in [1.29, 1.82) is 0 Å². The molecule has 0 radical (unpaired) electrons. The van der Waals surface area contributed by atoms with Crippen molar-refractivity contribution in [2.45, 2.75) is 38.3 Å². The first-order valence-electron chi connectivity index (χ1n) is 7.76. The zero-order valence-electron chi connectivity index (χ0n) is 14.0. The third kappa shape index (κ3) is 3.03. The molecule has 1 saturated carbocycles. The van der Waals surface area contributed by atoms with Crippen molar-refractivity contribution in [3.63, 3.8) is 0 Å². The predicted molar refractivity (Wildman–Crippen MR) is 91.7 cm³/mol. The van der Waals surface area contributed by atoms with Crippen LogP contribution in [0.5, 0.6) is 5.75 Å². The molecular weight excluding hydrogens is 304 g/mol. The van der Waals surface area contributed by atoms with Crippen LogP contribution in [0.15, 0.2) is 18.3 Å². The monoisotopic (exact) mass is 324 g/mol. The molecule has 6 nitrogen and oxygen atoms in total. The molecule has 0 aliphatic heterocycles. The van der Waals surface area contributed by atoms with Crippen molar-refractivity contribution in [2.24, 2.45) is 0 Å². The molecule has 3 rings (SSSR count). The highest BCUT2D eigenvalue weighted by molar-refractivity contribution is 5.66. The third-order valence-electron chi connectivity index (χ3n) is 4.44. The van der Waals surface area contributed by atoms with Crippen LogP contribution in [0.25, 0.3) is 11.4 Å². The van der Waals surface area contributed by atoms with Crippen LogP contribution in [-0.4, -0.2) is 39.0 Å². The highest BCUT2D eigenvalue weighted by atomic mass is 16.5. The van der Waals surface area contributed by atoms with Gasteiger partial charge in [-0.25, -0.2) is 4.98 Å². The summed E-state index contributed by atoms with van der Waals surface area (Å²) < 4.78 is 5.45. The maximum Gasteiger partial charge on any atom is 0.149 e. The molecule has 0 aromatic carbocycles. The summed E-state index contributed by atoms with van der Waals surface area (Å²) in [6, 6.07) is 3.73. The quantitative estimate of drug-likeness (QED) is 0.841. The number of ether oxygens (including phenoxy) is 1. The van der Waals surface area contributed by atoms with Gasteiger partial charge in [-0.2, -0.15) is 0 Å². The Morgan fingerprint density at radius 2 is 2.08 bits per heavy atom. The molecule has 2 aromatic heterocycles. The summed E-state index contributed by atoms with van der Waals surface area (Å²) in [4.78, 5) is 4.20. The molecule has 0 bridgehead atoms. The number of aromatic nitrogens is 3. The number of anilines is 1. The van der Waals surface area contributed by atoms with Gasteiger partial charge in [0.1, 0.15) is 23.0 Å². The number of nitrogens with zero attached hydrogens (tertiary/aromatic N) is 3. The Hall–Kier alpha value is -2.65. The minimum absolute atomic E-state index is 0.00147. The van der Waals surface area contributed by atoms with Gasteiger partial charge in [0.05, 0.1) is 5.60 Å². The van der Waals surface area contributed by atoms with E-state index >= 15 is 0 Å². The average Bonchev–Trinajstić information content (AvgIpc) is 2.54. The number of hydrogen-bond acceptors (Lipinski definition) is 6. The fourth-order valence-corrected chi connectivity index (χ4v) is 2.96. The number of methoxy groups -OCH3 is 1. The van der Waals surface area contributed by atoms with Gasteiger partial charge in [0.15, 0.2) is 0 Å². The van der Waals surface area contributed by atoms with Crippen LogP contribution < -0.4 is 5.32 Å². The number of pyridine rings is 1. The second-order valence-electron chi connectivity index (χ2n) is 6.40. The maximum atomic E-state index is 10.1. The van der Waals surface area contributed by atoms with Gasteiger partial charge in [-0.15, -0.1) is 16.6 Å². The summed E-state index contributed by atoms with van der Waals surface area (Å²) in [7, 11) is 1.74. The molecule has 1 aliphatic rings. The van der Waals surface area contributed by atoms with E-state index in [0.717, 1.165) is 18.4 Å². The first-order chi connectivity index (χ1) is 11.4. The van der Waals surface area contributed by atoms with Crippen molar-refractivity contribution >= 4 is 5.82 Å². The molecule has 1 fully saturated rings. The molecule has 1 aliphatic carbocycles. The smallest absolute Gasteiger partial charge is 0.149 e. The molecule has 0 amide bonds. The molecular formula is C18H20N4O2. The maximum absolute atomic E-state index is 10.1. The molecule has 0 spiro atoms. The Bertz CT molecular complexity index is 807. The van der Waals surface area contributed by atoms with E-state index in [0.29, 0.717) is 28.8 Å². The van der Waals surface area contributed by atoms with Gasteiger partial charge in [-0.3, -0.25) is 0 Å². The molecule has 0 atom stereocenters. The summed E-state index contributed by atoms with van der Waals surface area (Å²) in [5.41, 5.74) is 2.26. The van der Waals surface area contributed by atoms with Crippen molar-refractivity contribution in [1.82, 2.24) is 15.2 Å². The van der Waals surface area contributed by atoms with Gasteiger partial charge >= 0.3 is 0 Å².